The van der Waals surface area contributed by atoms with Crippen molar-refractivity contribution in [1.29, 1.82) is 0 Å². The first-order chi connectivity index (χ1) is 8.51. The molecule has 1 aromatic carbocycles. The minimum Gasteiger partial charge on any atom is -0.312 e. The van der Waals surface area contributed by atoms with Crippen LogP contribution in [0.25, 0.3) is 0 Å². The molecular weight excluding hydrogens is 337 g/mol. The third-order valence-corrected chi connectivity index (χ3v) is 5.60. The number of benzene rings is 1. The monoisotopic (exact) mass is 353 g/mol. The fraction of sp³-hybridized carbons (Fsp3) is 0.538. The molecule has 0 amide bonds. The zero-order valence-electron chi connectivity index (χ0n) is 10.8. The molecule has 0 radical (unpaired) electrons. The molecule has 0 bridgehead atoms. The third-order valence-electron chi connectivity index (χ3n) is 2.91. The second kappa shape index (κ2) is 7.73. The number of halogens is 3. The minimum atomic E-state index is -0.338. The maximum atomic E-state index is 14.1. The van der Waals surface area contributed by atoms with Crippen LogP contribution in [-0.2, 0) is 0 Å². The van der Waals surface area contributed by atoms with Gasteiger partial charge in [0.15, 0.2) is 0 Å². The fourth-order valence-electron chi connectivity index (χ4n) is 1.52. The Balaban J connectivity index is 2.85. The molecule has 0 saturated carbocycles. The van der Waals surface area contributed by atoms with Crippen molar-refractivity contribution in [2.45, 2.75) is 31.6 Å². The van der Waals surface area contributed by atoms with Crippen LogP contribution in [0.15, 0.2) is 16.6 Å². The summed E-state index contributed by atoms with van der Waals surface area (Å²) in [6.07, 6.45) is 1.12. The summed E-state index contributed by atoms with van der Waals surface area (Å²) in [6.45, 7) is 4.34. The standard InChI is InChI=1S/C13H18BrClFNS/c1-4-8(2)18-7-11(17-3)9-5-6-10(14)12(15)13(9)16/h5-6,8,11,17H,4,7H2,1-3H3. The SMILES string of the molecule is CCC(C)SCC(NC)c1ccc(Br)c(Cl)c1F. The van der Waals surface area contributed by atoms with Crippen molar-refractivity contribution in [2.24, 2.45) is 0 Å². The summed E-state index contributed by atoms with van der Waals surface area (Å²) in [5.41, 5.74) is 0.626. The number of rotatable bonds is 6. The van der Waals surface area contributed by atoms with Crippen molar-refractivity contribution in [3.8, 4) is 0 Å². The molecule has 2 atom stereocenters. The normalized spacial score (nSPS) is 14.6. The second-order valence-electron chi connectivity index (χ2n) is 4.16. The molecule has 0 aliphatic carbocycles. The largest absolute Gasteiger partial charge is 0.312 e. The molecule has 1 nitrogen and oxygen atoms in total. The van der Waals surface area contributed by atoms with Crippen LogP contribution in [0.2, 0.25) is 5.02 Å². The molecular formula is C13H18BrClFNS. The highest BCUT2D eigenvalue weighted by Crippen LogP contribution is 2.32. The summed E-state index contributed by atoms with van der Waals surface area (Å²) in [7, 11) is 1.84. The lowest BCUT2D eigenvalue weighted by atomic mass is 10.1. The predicted molar refractivity (Wildman–Crippen MR) is 83.1 cm³/mol. The molecule has 0 fully saturated rings. The Kier molecular flexibility index (Phi) is 6.99. The summed E-state index contributed by atoms with van der Waals surface area (Å²) in [4.78, 5) is 0. The predicted octanol–water partition coefficient (Wildman–Crippen LogP) is 5.03. The van der Waals surface area contributed by atoms with Crippen molar-refractivity contribution >= 4 is 39.3 Å². The molecule has 0 aliphatic heterocycles. The zero-order valence-corrected chi connectivity index (χ0v) is 13.9. The average molecular weight is 355 g/mol. The maximum Gasteiger partial charge on any atom is 0.147 e. The Labute approximate surface area is 126 Å². The second-order valence-corrected chi connectivity index (χ2v) is 6.86. The van der Waals surface area contributed by atoms with Crippen molar-refractivity contribution in [3.05, 3.63) is 33.0 Å². The Morgan fingerprint density at radius 2 is 2.17 bits per heavy atom. The van der Waals surface area contributed by atoms with Crippen LogP contribution in [0.3, 0.4) is 0 Å². The van der Waals surface area contributed by atoms with Gasteiger partial charge in [0.1, 0.15) is 5.82 Å². The van der Waals surface area contributed by atoms with Crippen LogP contribution >= 0.6 is 39.3 Å². The lowest BCUT2D eigenvalue weighted by Gasteiger charge is -2.19. The topological polar surface area (TPSA) is 12.0 Å². The Hall–Kier alpha value is 0.230. The van der Waals surface area contributed by atoms with E-state index in [0.29, 0.717) is 15.3 Å². The molecule has 0 aliphatic rings. The van der Waals surface area contributed by atoms with E-state index in [2.05, 4.69) is 35.1 Å². The molecule has 0 heterocycles. The third kappa shape index (κ3) is 4.12. The van der Waals surface area contributed by atoms with Gasteiger partial charge in [-0.1, -0.05) is 31.5 Å². The van der Waals surface area contributed by atoms with E-state index in [-0.39, 0.29) is 16.9 Å². The molecule has 102 valence electrons. The van der Waals surface area contributed by atoms with E-state index in [1.807, 2.05) is 18.8 Å². The molecule has 0 saturated heterocycles. The molecule has 5 heteroatoms. The van der Waals surface area contributed by atoms with Gasteiger partial charge in [0.05, 0.1) is 5.02 Å². The summed E-state index contributed by atoms with van der Waals surface area (Å²) in [5, 5.41) is 3.88. The van der Waals surface area contributed by atoms with E-state index < -0.39 is 0 Å². The van der Waals surface area contributed by atoms with E-state index in [9.17, 15) is 4.39 Å². The molecule has 1 aromatic rings. The highest BCUT2D eigenvalue weighted by atomic mass is 79.9. The average Bonchev–Trinajstić information content (AvgIpc) is 2.38. The molecule has 1 N–H and O–H groups in total. The van der Waals surface area contributed by atoms with Crippen LogP contribution in [0.1, 0.15) is 31.9 Å². The Morgan fingerprint density at radius 3 is 2.72 bits per heavy atom. The van der Waals surface area contributed by atoms with E-state index in [1.165, 1.54) is 0 Å². The van der Waals surface area contributed by atoms with Crippen LogP contribution in [0.5, 0.6) is 0 Å². The Bertz CT molecular complexity index is 403. The van der Waals surface area contributed by atoms with E-state index in [1.54, 1.807) is 12.1 Å². The molecule has 18 heavy (non-hydrogen) atoms. The van der Waals surface area contributed by atoms with Gasteiger partial charge in [0, 0.05) is 27.1 Å². The van der Waals surface area contributed by atoms with Crippen LogP contribution in [-0.4, -0.2) is 18.1 Å². The maximum absolute atomic E-state index is 14.1. The fourth-order valence-corrected chi connectivity index (χ4v) is 3.10. The van der Waals surface area contributed by atoms with Gasteiger partial charge in [-0.15, -0.1) is 0 Å². The van der Waals surface area contributed by atoms with Crippen LogP contribution in [0, 0.1) is 5.82 Å². The van der Waals surface area contributed by atoms with Gasteiger partial charge in [0.25, 0.3) is 0 Å². The van der Waals surface area contributed by atoms with Gasteiger partial charge in [-0.2, -0.15) is 11.8 Å². The van der Waals surface area contributed by atoms with Crippen LogP contribution < -0.4 is 5.32 Å². The van der Waals surface area contributed by atoms with Crippen molar-refractivity contribution in [1.82, 2.24) is 5.32 Å². The smallest absolute Gasteiger partial charge is 0.147 e. The van der Waals surface area contributed by atoms with Gasteiger partial charge < -0.3 is 5.32 Å². The van der Waals surface area contributed by atoms with Gasteiger partial charge in [-0.05, 0) is 35.5 Å². The quantitative estimate of drug-likeness (QED) is 0.719. The number of hydrogen-bond acceptors (Lipinski definition) is 2. The van der Waals surface area contributed by atoms with Crippen LogP contribution in [0.4, 0.5) is 4.39 Å². The first kappa shape index (κ1) is 16.3. The lowest BCUT2D eigenvalue weighted by molar-refractivity contribution is 0.565. The van der Waals surface area contributed by atoms with Crippen molar-refractivity contribution in [3.63, 3.8) is 0 Å². The van der Waals surface area contributed by atoms with Gasteiger partial charge in [-0.3, -0.25) is 0 Å². The van der Waals surface area contributed by atoms with Crippen molar-refractivity contribution in [2.75, 3.05) is 12.8 Å². The summed E-state index contributed by atoms with van der Waals surface area (Å²) in [5.74, 6) is 0.496. The van der Waals surface area contributed by atoms with E-state index in [4.69, 9.17) is 11.6 Å². The lowest BCUT2D eigenvalue weighted by Crippen LogP contribution is -2.21. The summed E-state index contributed by atoms with van der Waals surface area (Å²) >= 11 is 11.0. The van der Waals surface area contributed by atoms with Gasteiger partial charge in [-0.25, -0.2) is 4.39 Å². The molecule has 2 unspecified atom stereocenters. The molecule has 0 spiro atoms. The highest BCUT2D eigenvalue weighted by Gasteiger charge is 2.18. The summed E-state index contributed by atoms with van der Waals surface area (Å²) in [6, 6.07) is 3.55. The van der Waals surface area contributed by atoms with E-state index >= 15 is 0 Å². The molecule has 0 aromatic heterocycles. The van der Waals surface area contributed by atoms with Gasteiger partial charge >= 0.3 is 0 Å². The van der Waals surface area contributed by atoms with E-state index in [0.717, 1.165) is 12.2 Å². The zero-order chi connectivity index (χ0) is 13.7. The first-order valence-corrected chi connectivity index (χ1v) is 8.15. The highest BCUT2D eigenvalue weighted by molar-refractivity contribution is 9.10. The minimum absolute atomic E-state index is 0.0189. The number of nitrogens with one attached hydrogen (secondary N) is 1. The Morgan fingerprint density at radius 1 is 1.50 bits per heavy atom. The van der Waals surface area contributed by atoms with Crippen molar-refractivity contribution < 1.29 is 4.39 Å². The number of hydrogen-bond donors (Lipinski definition) is 1. The number of thioether (sulfide) groups is 1. The van der Waals surface area contributed by atoms with Gasteiger partial charge in [0.2, 0.25) is 0 Å². The summed E-state index contributed by atoms with van der Waals surface area (Å²) < 4.78 is 14.7. The molecule has 1 rings (SSSR count). The first-order valence-electron chi connectivity index (χ1n) is 5.93.